The molecule has 5 nitrogen and oxygen atoms in total. The molecule has 0 aliphatic heterocycles. The lowest BCUT2D eigenvalue weighted by Gasteiger charge is -2.28. The fourth-order valence-corrected chi connectivity index (χ4v) is 2.57. The molecular weight excluding hydrogens is 248 g/mol. The Labute approximate surface area is 112 Å². The fourth-order valence-electron chi connectivity index (χ4n) is 2.19. The molecule has 1 aliphatic rings. The second kappa shape index (κ2) is 6.24. The molecule has 0 saturated heterocycles. The van der Waals surface area contributed by atoms with Gasteiger partial charge in [0.2, 0.25) is 0 Å². The Morgan fingerprint density at radius 3 is 2.67 bits per heavy atom. The molecule has 2 unspecified atom stereocenters. The second-order valence-electron chi connectivity index (χ2n) is 4.48. The van der Waals surface area contributed by atoms with Crippen LogP contribution in [0.3, 0.4) is 0 Å². The smallest absolute Gasteiger partial charge is 0.191 e. The number of aliphatic hydroxyl groups excluding tert-OH is 1. The third-order valence-electron chi connectivity index (χ3n) is 3.21. The van der Waals surface area contributed by atoms with Gasteiger partial charge in [-0.05, 0) is 19.1 Å². The van der Waals surface area contributed by atoms with Crippen LogP contribution in [0.1, 0.15) is 25.7 Å². The number of hydrogen-bond acceptors (Lipinski definition) is 6. The highest BCUT2D eigenvalue weighted by molar-refractivity contribution is 7.98. The topological polar surface area (TPSA) is 70.1 Å². The van der Waals surface area contributed by atoms with E-state index in [4.69, 9.17) is 0 Å². The van der Waals surface area contributed by atoms with Gasteiger partial charge in [0.15, 0.2) is 5.16 Å². The van der Waals surface area contributed by atoms with Crippen LogP contribution in [0.15, 0.2) is 11.2 Å². The van der Waals surface area contributed by atoms with Crippen molar-refractivity contribution in [2.45, 2.75) is 43.0 Å². The first kappa shape index (κ1) is 13.4. The molecule has 3 N–H and O–H groups in total. The van der Waals surface area contributed by atoms with Gasteiger partial charge in [0.25, 0.3) is 0 Å². The number of anilines is 2. The summed E-state index contributed by atoms with van der Waals surface area (Å²) in [5, 5.41) is 17.0. The highest BCUT2D eigenvalue weighted by Gasteiger charge is 2.23. The molecule has 0 amide bonds. The standard InChI is InChI=1S/C12H20N4OS/c1-13-10-7-11(16-12(15-10)18-2)14-8-5-3-4-6-9(8)17/h7-9,17H,3-6H2,1-2H3,(H2,13,14,15,16). The molecule has 0 aromatic carbocycles. The Morgan fingerprint density at radius 2 is 2.00 bits per heavy atom. The van der Waals surface area contributed by atoms with Crippen LogP contribution in [0.5, 0.6) is 0 Å². The minimum Gasteiger partial charge on any atom is -0.391 e. The highest BCUT2D eigenvalue weighted by Crippen LogP contribution is 2.23. The summed E-state index contributed by atoms with van der Waals surface area (Å²) in [7, 11) is 1.84. The van der Waals surface area contributed by atoms with Crippen molar-refractivity contribution in [3.05, 3.63) is 6.07 Å². The van der Waals surface area contributed by atoms with E-state index >= 15 is 0 Å². The van der Waals surface area contributed by atoms with Crippen LogP contribution in [0, 0.1) is 0 Å². The van der Waals surface area contributed by atoms with Crippen molar-refractivity contribution < 1.29 is 5.11 Å². The Kier molecular flexibility index (Phi) is 4.66. The van der Waals surface area contributed by atoms with E-state index in [1.165, 1.54) is 11.8 Å². The molecule has 1 aromatic rings. The largest absolute Gasteiger partial charge is 0.391 e. The molecule has 0 radical (unpaired) electrons. The summed E-state index contributed by atoms with van der Waals surface area (Å²) in [5.74, 6) is 1.58. The zero-order valence-electron chi connectivity index (χ0n) is 10.8. The van der Waals surface area contributed by atoms with Crippen molar-refractivity contribution in [3.63, 3.8) is 0 Å². The molecule has 1 saturated carbocycles. The summed E-state index contributed by atoms with van der Waals surface area (Å²) < 4.78 is 0. The monoisotopic (exact) mass is 268 g/mol. The molecule has 1 fully saturated rings. The predicted molar refractivity (Wildman–Crippen MR) is 75.2 cm³/mol. The van der Waals surface area contributed by atoms with Gasteiger partial charge >= 0.3 is 0 Å². The van der Waals surface area contributed by atoms with E-state index in [9.17, 15) is 5.11 Å². The molecule has 6 heteroatoms. The van der Waals surface area contributed by atoms with Gasteiger partial charge in [0, 0.05) is 13.1 Å². The lowest BCUT2D eigenvalue weighted by atomic mass is 9.93. The van der Waals surface area contributed by atoms with Crippen LogP contribution in [0.4, 0.5) is 11.6 Å². The SMILES string of the molecule is CNc1cc(NC2CCCCC2O)nc(SC)n1. The number of hydrogen-bond donors (Lipinski definition) is 3. The van der Waals surface area contributed by atoms with Crippen molar-refractivity contribution in [1.29, 1.82) is 0 Å². The van der Waals surface area contributed by atoms with Crippen molar-refractivity contribution in [2.24, 2.45) is 0 Å². The Hall–Kier alpha value is -1.01. The maximum absolute atomic E-state index is 9.96. The maximum Gasteiger partial charge on any atom is 0.191 e. The lowest BCUT2D eigenvalue weighted by Crippen LogP contribution is -2.36. The van der Waals surface area contributed by atoms with Crippen LogP contribution in [0.25, 0.3) is 0 Å². The second-order valence-corrected chi connectivity index (χ2v) is 5.25. The van der Waals surface area contributed by atoms with Crippen LogP contribution >= 0.6 is 11.8 Å². The summed E-state index contributed by atoms with van der Waals surface area (Å²) >= 11 is 1.51. The average Bonchev–Trinajstić information content (AvgIpc) is 2.41. The first-order chi connectivity index (χ1) is 8.72. The van der Waals surface area contributed by atoms with Crippen LogP contribution in [0.2, 0.25) is 0 Å². The van der Waals surface area contributed by atoms with Crippen molar-refractivity contribution in [2.75, 3.05) is 23.9 Å². The van der Waals surface area contributed by atoms with Gasteiger partial charge in [-0.25, -0.2) is 9.97 Å². The third kappa shape index (κ3) is 3.26. The molecular formula is C12H20N4OS. The minimum absolute atomic E-state index is 0.105. The van der Waals surface area contributed by atoms with Gasteiger partial charge in [0.05, 0.1) is 12.1 Å². The molecule has 0 bridgehead atoms. The van der Waals surface area contributed by atoms with Gasteiger partial charge in [0.1, 0.15) is 11.6 Å². The Morgan fingerprint density at radius 1 is 1.28 bits per heavy atom. The van der Waals surface area contributed by atoms with Gasteiger partial charge in [-0.3, -0.25) is 0 Å². The number of thioether (sulfide) groups is 1. The van der Waals surface area contributed by atoms with Gasteiger partial charge in [-0.1, -0.05) is 24.6 Å². The van der Waals surface area contributed by atoms with E-state index in [2.05, 4.69) is 20.6 Å². The van der Waals surface area contributed by atoms with Crippen molar-refractivity contribution in [3.8, 4) is 0 Å². The van der Waals surface area contributed by atoms with E-state index < -0.39 is 0 Å². The highest BCUT2D eigenvalue weighted by atomic mass is 32.2. The zero-order chi connectivity index (χ0) is 13.0. The molecule has 1 aromatic heterocycles. The van der Waals surface area contributed by atoms with Gasteiger partial charge < -0.3 is 15.7 Å². The number of rotatable bonds is 4. The number of aliphatic hydroxyl groups is 1. The number of aromatic nitrogens is 2. The van der Waals surface area contributed by atoms with Crippen molar-refractivity contribution in [1.82, 2.24) is 9.97 Å². The van der Waals surface area contributed by atoms with E-state index in [0.29, 0.717) is 0 Å². The van der Waals surface area contributed by atoms with E-state index in [1.807, 2.05) is 19.4 Å². The van der Waals surface area contributed by atoms with E-state index in [-0.39, 0.29) is 12.1 Å². The summed E-state index contributed by atoms with van der Waals surface area (Å²) in [6.07, 6.45) is 5.82. The van der Waals surface area contributed by atoms with Crippen molar-refractivity contribution >= 4 is 23.4 Å². The normalized spacial score (nSPS) is 23.7. The Bertz CT molecular complexity index is 379. The molecule has 0 spiro atoms. The summed E-state index contributed by atoms with van der Waals surface area (Å²) in [6.45, 7) is 0. The maximum atomic E-state index is 9.96. The van der Waals surface area contributed by atoms with Crippen LogP contribution in [-0.4, -0.2) is 40.5 Å². The molecule has 100 valence electrons. The summed E-state index contributed by atoms with van der Waals surface area (Å²) in [6, 6.07) is 1.98. The third-order valence-corrected chi connectivity index (χ3v) is 3.75. The van der Waals surface area contributed by atoms with Gasteiger partial charge in [-0.15, -0.1) is 0 Å². The fraction of sp³-hybridized carbons (Fsp3) is 0.667. The summed E-state index contributed by atoms with van der Waals surface area (Å²) in [5.41, 5.74) is 0. The van der Waals surface area contributed by atoms with Gasteiger partial charge in [-0.2, -0.15) is 0 Å². The zero-order valence-corrected chi connectivity index (χ0v) is 11.6. The molecule has 1 aliphatic carbocycles. The summed E-state index contributed by atoms with van der Waals surface area (Å²) in [4.78, 5) is 8.74. The van der Waals surface area contributed by atoms with Crippen LogP contribution in [-0.2, 0) is 0 Å². The van der Waals surface area contributed by atoms with E-state index in [1.54, 1.807) is 0 Å². The van der Waals surface area contributed by atoms with E-state index in [0.717, 1.165) is 42.5 Å². The molecule has 2 atom stereocenters. The first-order valence-electron chi connectivity index (χ1n) is 6.28. The predicted octanol–water partition coefficient (Wildman–Crippen LogP) is 1.96. The average molecular weight is 268 g/mol. The number of nitrogens with one attached hydrogen (secondary N) is 2. The van der Waals surface area contributed by atoms with Crippen LogP contribution < -0.4 is 10.6 Å². The minimum atomic E-state index is -0.274. The Balaban J connectivity index is 2.12. The quantitative estimate of drug-likeness (QED) is 0.573. The molecule has 2 rings (SSSR count). The first-order valence-corrected chi connectivity index (χ1v) is 7.51. The lowest BCUT2D eigenvalue weighted by molar-refractivity contribution is 0.116. The molecule has 18 heavy (non-hydrogen) atoms. The molecule has 1 heterocycles. The number of nitrogens with zero attached hydrogens (tertiary/aromatic N) is 2.